The topological polar surface area (TPSA) is 25.0 Å². The van der Waals surface area contributed by atoms with Crippen LogP contribution in [0.25, 0.3) is 10.9 Å². The lowest BCUT2D eigenvalue weighted by molar-refractivity contribution is 0.415. The first-order valence-corrected chi connectivity index (χ1v) is 6.74. The number of aromatic amines is 1. The van der Waals surface area contributed by atoms with E-state index in [1.165, 1.54) is 27.7 Å². The molecule has 0 atom stereocenters. The molecule has 0 aliphatic carbocycles. The average Bonchev–Trinajstić information content (AvgIpc) is 2.66. The molecule has 0 spiro atoms. The van der Waals surface area contributed by atoms with Crippen LogP contribution in [0, 0.1) is 12.8 Å². The Kier molecular flexibility index (Phi) is 3.65. The Morgan fingerprint density at radius 2 is 2.00 bits per heavy atom. The molecule has 0 bridgehead atoms. The maximum absolute atomic E-state index is 5.38. The van der Waals surface area contributed by atoms with Crippen molar-refractivity contribution in [3.05, 3.63) is 29.0 Å². The molecule has 18 heavy (non-hydrogen) atoms. The maximum atomic E-state index is 5.38. The van der Waals surface area contributed by atoms with Crippen LogP contribution in [-0.4, -0.2) is 12.1 Å². The lowest BCUT2D eigenvalue weighted by Crippen LogP contribution is -1.97. The minimum atomic E-state index is 0.672. The van der Waals surface area contributed by atoms with Crippen LogP contribution in [0.1, 0.15) is 37.6 Å². The summed E-state index contributed by atoms with van der Waals surface area (Å²) in [5.41, 5.74) is 5.36. The number of nitrogens with one attached hydrogen (secondary N) is 1. The highest BCUT2D eigenvalue weighted by Gasteiger charge is 2.13. The molecule has 1 aromatic carbocycles. The third-order valence-corrected chi connectivity index (χ3v) is 3.48. The number of H-pyrrole nitrogens is 1. The van der Waals surface area contributed by atoms with E-state index in [0.717, 1.165) is 18.6 Å². The number of benzene rings is 1. The van der Waals surface area contributed by atoms with E-state index in [9.17, 15) is 0 Å². The Morgan fingerprint density at radius 1 is 1.28 bits per heavy atom. The van der Waals surface area contributed by atoms with Gasteiger partial charge < -0.3 is 9.72 Å². The van der Waals surface area contributed by atoms with Crippen LogP contribution in [0.3, 0.4) is 0 Å². The Morgan fingerprint density at radius 3 is 2.56 bits per heavy atom. The Balaban J connectivity index is 2.64. The van der Waals surface area contributed by atoms with Crippen LogP contribution in [0.2, 0.25) is 0 Å². The van der Waals surface area contributed by atoms with E-state index >= 15 is 0 Å². The summed E-state index contributed by atoms with van der Waals surface area (Å²) in [5, 5.41) is 1.32. The van der Waals surface area contributed by atoms with Crippen molar-refractivity contribution in [2.45, 2.75) is 40.5 Å². The third-order valence-electron chi connectivity index (χ3n) is 3.48. The van der Waals surface area contributed by atoms with Crippen molar-refractivity contribution < 1.29 is 4.74 Å². The van der Waals surface area contributed by atoms with Gasteiger partial charge in [0, 0.05) is 16.6 Å². The molecular weight excluding hydrogens is 222 g/mol. The molecule has 2 nitrogen and oxygen atoms in total. The van der Waals surface area contributed by atoms with Crippen molar-refractivity contribution >= 4 is 10.9 Å². The molecule has 0 radical (unpaired) electrons. The van der Waals surface area contributed by atoms with E-state index in [2.05, 4.69) is 44.8 Å². The van der Waals surface area contributed by atoms with E-state index in [4.69, 9.17) is 4.74 Å². The lowest BCUT2D eigenvalue weighted by Gasteiger charge is -2.05. The summed E-state index contributed by atoms with van der Waals surface area (Å²) < 4.78 is 5.38. The normalized spacial score (nSPS) is 11.4. The second-order valence-electron chi connectivity index (χ2n) is 5.40. The molecule has 0 unspecified atom stereocenters. The molecule has 98 valence electrons. The minimum Gasteiger partial charge on any atom is -0.497 e. The highest BCUT2D eigenvalue weighted by atomic mass is 16.5. The Hall–Kier alpha value is -1.44. The van der Waals surface area contributed by atoms with Gasteiger partial charge in [0.2, 0.25) is 0 Å². The minimum absolute atomic E-state index is 0.672. The van der Waals surface area contributed by atoms with Crippen LogP contribution in [0.5, 0.6) is 5.75 Å². The summed E-state index contributed by atoms with van der Waals surface area (Å²) in [4.78, 5) is 3.61. The average molecular weight is 245 g/mol. The van der Waals surface area contributed by atoms with Gasteiger partial charge >= 0.3 is 0 Å². The van der Waals surface area contributed by atoms with Gasteiger partial charge in [-0.05, 0) is 48.9 Å². The maximum Gasteiger partial charge on any atom is 0.119 e. The van der Waals surface area contributed by atoms with Crippen molar-refractivity contribution in [2.24, 2.45) is 5.92 Å². The molecule has 0 saturated carbocycles. The molecule has 1 aromatic heterocycles. The van der Waals surface area contributed by atoms with Gasteiger partial charge in [-0.25, -0.2) is 0 Å². The first kappa shape index (κ1) is 13.0. The van der Waals surface area contributed by atoms with E-state index in [1.807, 2.05) is 0 Å². The SMILES string of the molecule is CCc1c(CC(C)C)[nH]c2c(C)cc(OC)cc12. The molecule has 2 heteroatoms. The number of aryl methyl sites for hydroxylation is 2. The highest BCUT2D eigenvalue weighted by molar-refractivity contribution is 5.88. The fourth-order valence-corrected chi connectivity index (χ4v) is 2.65. The predicted octanol–water partition coefficient (Wildman–Crippen LogP) is 4.25. The van der Waals surface area contributed by atoms with Crippen LogP contribution in [0.15, 0.2) is 12.1 Å². The molecule has 2 aromatic rings. The van der Waals surface area contributed by atoms with Gasteiger partial charge in [-0.15, -0.1) is 0 Å². The molecule has 0 aliphatic heterocycles. The van der Waals surface area contributed by atoms with Crippen LogP contribution in [0.4, 0.5) is 0 Å². The fourth-order valence-electron chi connectivity index (χ4n) is 2.65. The molecule has 0 amide bonds. The molecule has 1 N–H and O–H groups in total. The second-order valence-corrected chi connectivity index (χ2v) is 5.40. The summed E-state index contributed by atoms with van der Waals surface area (Å²) in [6.45, 7) is 8.89. The number of fused-ring (bicyclic) bond motifs is 1. The Labute approximate surface area is 109 Å². The second kappa shape index (κ2) is 5.05. The zero-order valence-corrected chi connectivity index (χ0v) is 12.1. The molecular formula is C16H23NO. The lowest BCUT2D eigenvalue weighted by atomic mass is 10.0. The molecule has 0 aliphatic rings. The largest absolute Gasteiger partial charge is 0.497 e. The first-order valence-electron chi connectivity index (χ1n) is 6.74. The van der Waals surface area contributed by atoms with Crippen LogP contribution < -0.4 is 4.74 Å². The molecule has 2 rings (SSSR count). The van der Waals surface area contributed by atoms with E-state index < -0.39 is 0 Å². The van der Waals surface area contributed by atoms with Gasteiger partial charge in [0.05, 0.1) is 7.11 Å². The summed E-state index contributed by atoms with van der Waals surface area (Å²) >= 11 is 0. The van der Waals surface area contributed by atoms with Gasteiger partial charge in [-0.2, -0.15) is 0 Å². The summed E-state index contributed by atoms with van der Waals surface area (Å²) in [7, 11) is 1.73. The van der Waals surface area contributed by atoms with E-state index in [1.54, 1.807) is 7.11 Å². The van der Waals surface area contributed by atoms with Crippen molar-refractivity contribution in [2.75, 3.05) is 7.11 Å². The summed E-state index contributed by atoms with van der Waals surface area (Å²) in [6, 6.07) is 4.25. The predicted molar refractivity (Wildman–Crippen MR) is 77.5 cm³/mol. The molecule has 0 fully saturated rings. The number of ether oxygens (including phenoxy) is 1. The van der Waals surface area contributed by atoms with E-state index in [0.29, 0.717) is 5.92 Å². The van der Waals surface area contributed by atoms with Crippen molar-refractivity contribution in [1.29, 1.82) is 0 Å². The standard InChI is InChI=1S/C16H23NO/c1-6-13-14-9-12(18-5)8-11(4)16(14)17-15(13)7-10(2)3/h8-10,17H,6-7H2,1-5H3. The van der Waals surface area contributed by atoms with E-state index in [-0.39, 0.29) is 0 Å². The molecule has 1 heterocycles. The monoisotopic (exact) mass is 245 g/mol. The smallest absolute Gasteiger partial charge is 0.119 e. The van der Waals surface area contributed by atoms with Gasteiger partial charge in [0.25, 0.3) is 0 Å². The van der Waals surface area contributed by atoms with Crippen molar-refractivity contribution in [3.8, 4) is 5.75 Å². The first-order chi connectivity index (χ1) is 8.56. The van der Waals surface area contributed by atoms with Crippen molar-refractivity contribution in [1.82, 2.24) is 4.98 Å². The van der Waals surface area contributed by atoms with Gasteiger partial charge in [0.1, 0.15) is 5.75 Å². The zero-order valence-electron chi connectivity index (χ0n) is 12.1. The summed E-state index contributed by atoms with van der Waals surface area (Å²) in [5.74, 6) is 1.62. The number of methoxy groups -OCH3 is 1. The number of hydrogen-bond acceptors (Lipinski definition) is 1. The zero-order chi connectivity index (χ0) is 13.3. The number of hydrogen-bond donors (Lipinski definition) is 1. The van der Waals surface area contributed by atoms with Crippen LogP contribution >= 0.6 is 0 Å². The van der Waals surface area contributed by atoms with Gasteiger partial charge in [-0.3, -0.25) is 0 Å². The van der Waals surface area contributed by atoms with Gasteiger partial charge in [0.15, 0.2) is 0 Å². The summed E-state index contributed by atoms with van der Waals surface area (Å²) in [6.07, 6.45) is 2.17. The van der Waals surface area contributed by atoms with Gasteiger partial charge in [-0.1, -0.05) is 20.8 Å². The highest BCUT2D eigenvalue weighted by Crippen LogP contribution is 2.30. The van der Waals surface area contributed by atoms with Crippen LogP contribution in [-0.2, 0) is 12.8 Å². The fraction of sp³-hybridized carbons (Fsp3) is 0.500. The molecule has 0 saturated heterocycles. The number of aromatic nitrogens is 1. The number of rotatable bonds is 4. The van der Waals surface area contributed by atoms with Crippen molar-refractivity contribution in [3.63, 3.8) is 0 Å². The Bertz CT molecular complexity index is 552. The quantitative estimate of drug-likeness (QED) is 0.856. The third kappa shape index (κ3) is 2.24.